The van der Waals surface area contributed by atoms with Crippen molar-refractivity contribution in [2.45, 2.75) is 78.3 Å². The second kappa shape index (κ2) is 6.55. The molecule has 0 aromatic rings. The predicted molar refractivity (Wildman–Crippen MR) is 76.2 cm³/mol. The highest BCUT2D eigenvalue weighted by Gasteiger charge is 2.35. The number of rotatable bonds is 6. The van der Waals surface area contributed by atoms with Gasteiger partial charge in [0.15, 0.2) is 0 Å². The van der Waals surface area contributed by atoms with Crippen LogP contribution < -0.4 is 11.1 Å². The molecule has 1 fully saturated rings. The molecule has 3 unspecified atom stereocenters. The maximum atomic E-state index is 12.1. The van der Waals surface area contributed by atoms with Gasteiger partial charge in [0.05, 0.1) is 0 Å². The first-order valence-electron chi connectivity index (χ1n) is 7.39. The van der Waals surface area contributed by atoms with E-state index in [0.717, 1.165) is 25.7 Å². The van der Waals surface area contributed by atoms with E-state index in [1.807, 2.05) is 13.8 Å². The van der Waals surface area contributed by atoms with Crippen molar-refractivity contribution in [3.05, 3.63) is 0 Å². The number of amides is 1. The molecule has 18 heavy (non-hydrogen) atoms. The Kier molecular flexibility index (Phi) is 5.64. The third-order valence-corrected chi connectivity index (χ3v) is 4.32. The summed E-state index contributed by atoms with van der Waals surface area (Å²) in [5.41, 5.74) is 5.99. The van der Waals surface area contributed by atoms with Gasteiger partial charge in [0.2, 0.25) is 5.91 Å². The fourth-order valence-electron chi connectivity index (χ4n) is 2.79. The molecular formula is C15H30N2O. The van der Waals surface area contributed by atoms with Gasteiger partial charge in [0, 0.05) is 18.0 Å². The molecule has 1 saturated carbocycles. The average Bonchev–Trinajstić information content (AvgIpc) is 2.57. The number of nitrogens with two attached hydrogens (primary N) is 1. The van der Waals surface area contributed by atoms with Crippen LogP contribution in [0.25, 0.3) is 0 Å². The summed E-state index contributed by atoms with van der Waals surface area (Å²) in [4.78, 5) is 12.1. The fraction of sp³-hybridized carbons (Fsp3) is 0.933. The third-order valence-electron chi connectivity index (χ3n) is 4.32. The minimum atomic E-state index is 0.111. The molecule has 1 aliphatic rings. The van der Waals surface area contributed by atoms with E-state index in [2.05, 4.69) is 19.2 Å². The van der Waals surface area contributed by atoms with Gasteiger partial charge in [-0.2, -0.15) is 0 Å². The lowest BCUT2D eigenvalue weighted by molar-refractivity contribution is -0.126. The Bertz CT molecular complexity index is 274. The summed E-state index contributed by atoms with van der Waals surface area (Å²) >= 11 is 0. The van der Waals surface area contributed by atoms with Crippen LogP contribution in [-0.2, 0) is 4.79 Å². The van der Waals surface area contributed by atoms with Gasteiger partial charge in [-0.1, -0.05) is 33.6 Å². The standard InChI is InChI=1S/C15H30N2O/c1-11(7-5-8-12(2)16)14(18)17-13-9-6-10-15(13,3)4/h11-13H,5-10,16H2,1-4H3,(H,17,18). The quantitative estimate of drug-likeness (QED) is 0.766. The van der Waals surface area contributed by atoms with E-state index in [1.54, 1.807) is 0 Å². The van der Waals surface area contributed by atoms with Gasteiger partial charge in [-0.3, -0.25) is 4.79 Å². The Morgan fingerprint density at radius 1 is 1.39 bits per heavy atom. The van der Waals surface area contributed by atoms with Crippen LogP contribution in [-0.4, -0.2) is 18.0 Å². The number of hydrogen-bond donors (Lipinski definition) is 2. The highest BCUT2D eigenvalue weighted by Crippen LogP contribution is 2.37. The lowest BCUT2D eigenvalue weighted by Crippen LogP contribution is -2.43. The number of carbonyl (C=O) groups excluding carboxylic acids is 1. The van der Waals surface area contributed by atoms with Gasteiger partial charge in [-0.25, -0.2) is 0 Å². The zero-order valence-electron chi connectivity index (χ0n) is 12.5. The Morgan fingerprint density at radius 2 is 2.06 bits per heavy atom. The van der Waals surface area contributed by atoms with Crippen LogP contribution in [0.1, 0.15) is 66.2 Å². The summed E-state index contributed by atoms with van der Waals surface area (Å²) in [6.07, 6.45) is 6.58. The Hall–Kier alpha value is -0.570. The maximum absolute atomic E-state index is 12.1. The van der Waals surface area contributed by atoms with Gasteiger partial charge in [0.1, 0.15) is 0 Å². The Labute approximate surface area is 112 Å². The van der Waals surface area contributed by atoms with Crippen LogP contribution in [0.5, 0.6) is 0 Å². The highest BCUT2D eigenvalue weighted by molar-refractivity contribution is 5.78. The summed E-state index contributed by atoms with van der Waals surface area (Å²) in [5.74, 6) is 0.333. The van der Waals surface area contributed by atoms with Crippen molar-refractivity contribution in [2.24, 2.45) is 17.1 Å². The van der Waals surface area contributed by atoms with Gasteiger partial charge in [0.25, 0.3) is 0 Å². The SMILES string of the molecule is CC(N)CCCC(C)C(=O)NC1CCCC1(C)C. The van der Waals surface area contributed by atoms with Crippen molar-refractivity contribution in [2.75, 3.05) is 0 Å². The van der Waals surface area contributed by atoms with Gasteiger partial charge >= 0.3 is 0 Å². The summed E-state index contributed by atoms with van der Waals surface area (Å²) in [6.45, 7) is 8.56. The van der Waals surface area contributed by atoms with Crippen molar-refractivity contribution in [1.82, 2.24) is 5.32 Å². The first-order chi connectivity index (χ1) is 8.33. The van der Waals surface area contributed by atoms with E-state index in [4.69, 9.17) is 5.73 Å². The molecule has 0 aromatic heterocycles. The first-order valence-corrected chi connectivity index (χ1v) is 7.39. The van der Waals surface area contributed by atoms with Crippen LogP contribution in [0.4, 0.5) is 0 Å². The molecule has 3 atom stereocenters. The zero-order chi connectivity index (χ0) is 13.8. The van der Waals surface area contributed by atoms with Crippen molar-refractivity contribution < 1.29 is 4.79 Å². The molecule has 0 bridgehead atoms. The molecule has 0 saturated heterocycles. The van der Waals surface area contributed by atoms with Crippen LogP contribution in [0, 0.1) is 11.3 Å². The average molecular weight is 254 g/mol. The topological polar surface area (TPSA) is 55.1 Å². The van der Waals surface area contributed by atoms with Crippen LogP contribution >= 0.6 is 0 Å². The molecule has 3 nitrogen and oxygen atoms in total. The fourth-order valence-corrected chi connectivity index (χ4v) is 2.79. The lowest BCUT2D eigenvalue weighted by Gasteiger charge is -2.29. The monoisotopic (exact) mass is 254 g/mol. The van der Waals surface area contributed by atoms with Crippen LogP contribution in [0.15, 0.2) is 0 Å². The number of carbonyl (C=O) groups is 1. The molecular weight excluding hydrogens is 224 g/mol. The van der Waals surface area contributed by atoms with E-state index < -0.39 is 0 Å². The third kappa shape index (κ3) is 4.60. The van der Waals surface area contributed by atoms with Crippen LogP contribution in [0.3, 0.4) is 0 Å². The molecule has 1 amide bonds. The maximum Gasteiger partial charge on any atom is 0.223 e. The van der Waals surface area contributed by atoms with Crippen molar-refractivity contribution in [1.29, 1.82) is 0 Å². The molecule has 3 heteroatoms. The lowest BCUT2D eigenvalue weighted by atomic mass is 9.87. The van der Waals surface area contributed by atoms with E-state index in [-0.39, 0.29) is 23.3 Å². The Balaban J connectivity index is 2.31. The van der Waals surface area contributed by atoms with Crippen molar-refractivity contribution in [3.8, 4) is 0 Å². The summed E-state index contributed by atoms with van der Waals surface area (Å²) in [6, 6.07) is 0.606. The van der Waals surface area contributed by atoms with E-state index >= 15 is 0 Å². The molecule has 0 aliphatic heterocycles. The summed E-state index contributed by atoms with van der Waals surface area (Å²) < 4.78 is 0. The van der Waals surface area contributed by atoms with Gasteiger partial charge < -0.3 is 11.1 Å². The smallest absolute Gasteiger partial charge is 0.223 e. The minimum absolute atomic E-state index is 0.111. The van der Waals surface area contributed by atoms with Crippen molar-refractivity contribution >= 4 is 5.91 Å². The highest BCUT2D eigenvalue weighted by atomic mass is 16.1. The van der Waals surface area contributed by atoms with Gasteiger partial charge in [-0.05, 0) is 38.0 Å². The van der Waals surface area contributed by atoms with E-state index in [0.29, 0.717) is 6.04 Å². The van der Waals surface area contributed by atoms with E-state index in [9.17, 15) is 4.79 Å². The molecule has 1 aliphatic carbocycles. The Morgan fingerprint density at radius 3 is 2.56 bits per heavy atom. The van der Waals surface area contributed by atoms with E-state index in [1.165, 1.54) is 12.8 Å². The first kappa shape index (κ1) is 15.5. The van der Waals surface area contributed by atoms with Gasteiger partial charge in [-0.15, -0.1) is 0 Å². The summed E-state index contributed by atoms with van der Waals surface area (Å²) in [7, 11) is 0. The minimum Gasteiger partial charge on any atom is -0.353 e. The number of hydrogen-bond acceptors (Lipinski definition) is 2. The predicted octanol–water partition coefficient (Wildman–Crippen LogP) is 2.83. The molecule has 0 aromatic carbocycles. The van der Waals surface area contributed by atoms with Crippen molar-refractivity contribution in [3.63, 3.8) is 0 Å². The largest absolute Gasteiger partial charge is 0.353 e. The number of nitrogens with one attached hydrogen (secondary N) is 1. The molecule has 0 spiro atoms. The second-order valence-corrected chi connectivity index (χ2v) is 6.75. The molecule has 3 N–H and O–H groups in total. The second-order valence-electron chi connectivity index (χ2n) is 6.75. The molecule has 0 radical (unpaired) electrons. The molecule has 1 rings (SSSR count). The molecule has 106 valence electrons. The molecule has 0 heterocycles. The zero-order valence-corrected chi connectivity index (χ0v) is 12.5. The normalized spacial score (nSPS) is 25.7. The summed E-state index contributed by atoms with van der Waals surface area (Å²) in [5, 5.41) is 3.24. The van der Waals surface area contributed by atoms with Crippen LogP contribution in [0.2, 0.25) is 0 Å².